The van der Waals surface area contributed by atoms with E-state index in [2.05, 4.69) is 17.1 Å². The first-order chi connectivity index (χ1) is 15.5. The average Bonchev–Trinajstić information content (AvgIpc) is 2.79. The Kier molecular flexibility index (Phi) is 8.56. The second-order valence-corrected chi connectivity index (χ2v) is 8.55. The molecule has 2 aromatic rings. The van der Waals surface area contributed by atoms with Crippen molar-refractivity contribution in [3.05, 3.63) is 65.2 Å². The van der Waals surface area contributed by atoms with Crippen molar-refractivity contribution >= 4 is 23.3 Å². The lowest BCUT2D eigenvalue weighted by atomic mass is 9.97. The van der Waals surface area contributed by atoms with Gasteiger partial charge in [-0.2, -0.15) is 0 Å². The lowest BCUT2D eigenvalue weighted by Gasteiger charge is -2.31. The number of rotatable bonds is 10. The predicted octanol–water partition coefficient (Wildman–Crippen LogP) is 3.94. The van der Waals surface area contributed by atoms with Crippen molar-refractivity contribution in [3.8, 4) is 0 Å². The van der Waals surface area contributed by atoms with Gasteiger partial charge in [-0.1, -0.05) is 55.8 Å². The van der Waals surface area contributed by atoms with Crippen LogP contribution in [-0.2, 0) is 22.6 Å². The average molecular weight is 436 g/mol. The molecule has 3 N–H and O–H groups in total. The Morgan fingerprint density at radius 2 is 1.81 bits per heavy atom. The van der Waals surface area contributed by atoms with E-state index >= 15 is 0 Å². The fraction of sp³-hybridized carbons (Fsp3) is 0.423. The van der Waals surface area contributed by atoms with E-state index in [0.717, 1.165) is 43.5 Å². The van der Waals surface area contributed by atoms with Gasteiger partial charge in [-0.3, -0.25) is 19.3 Å². The van der Waals surface area contributed by atoms with Gasteiger partial charge in [0.15, 0.2) is 5.78 Å². The summed E-state index contributed by atoms with van der Waals surface area (Å²) < 4.78 is 0. The van der Waals surface area contributed by atoms with Gasteiger partial charge < -0.3 is 11.1 Å². The van der Waals surface area contributed by atoms with Gasteiger partial charge in [-0.05, 0) is 43.0 Å². The van der Waals surface area contributed by atoms with Gasteiger partial charge in [0.1, 0.15) is 0 Å². The Labute approximate surface area is 190 Å². The minimum atomic E-state index is -0.249. The van der Waals surface area contributed by atoms with E-state index in [1.165, 1.54) is 5.56 Å². The van der Waals surface area contributed by atoms with Crippen LogP contribution in [0.5, 0.6) is 0 Å². The van der Waals surface area contributed by atoms with Crippen LogP contribution >= 0.6 is 0 Å². The molecular weight excluding hydrogens is 402 g/mol. The van der Waals surface area contributed by atoms with Crippen molar-refractivity contribution in [2.75, 3.05) is 18.4 Å². The van der Waals surface area contributed by atoms with Crippen molar-refractivity contribution in [3.63, 3.8) is 0 Å². The number of amides is 2. The number of aryl methyl sites for hydroxylation is 1. The molecule has 32 heavy (non-hydrogen) atoms. The predicted molar refractivity (Wildman–Crippen MR) is 126 cm³/mol. The molecule has 0 aliphatic carbocycles. The molecule has 1 atom stereocenters. The van der Waals surface area contributed by atoms with Gasteiger partial charge in [0.25, 0.3) is 0 Å². The monoisotopic (exact) mass is 435 g/mol. The lowest BCUT2D eigenvalue weighted by Crippen LogP contribution is -2.40. The Hall–Kier alpha value is -2.99. The summed E-state index contributed by atoms with van der Waals surface area (Å²) in [5.74, 6) is -0.571. The van der Waals surface area contributed by atoms with E-state index in [9.17, 15) is 14.4 Å². The number of nitrogens with two attached hydrogens (primary N) is 1. The Morgan fingerprint density at radius 1 is 1.06 bits per heavy atom. The number of hydrogen-bond acceptors (Lipinski definition) is 4. The first kappa shape index (κ1) is 23.7. The maximum atomic E-state index is 12.5. The molecule has 0 saturated carbocycles. The molecule has 0 spiro atoms. The molecule has 0 aromatic heterocycles. The Balaban J connectivity index is 1.54. The standard InChI is InChI=1S/C26H33N3O3/c1-2-6-19-10-12-20(13-11-19)24(30)14-15-25(31)28-23-9-4-3-7-21(23)17-29-16-5-8-22(18-29)26(27)32/h3-4,7,9-13,22H,2,5-6,8,14-18H2,1H3,(H2,27,32)(H,28,31). The van der Waals surface area contributed by atoms with Gasteiger partial charge >= 0.3 is 0 Å². The van der Waals surface area contributed by atoms with Crippen molar-refractivity contribution < 1.29 is 14.4 Å². The number of para-hydroxylation sites is 1. The van der Waals surface area contributed by atoms with Crippen LogP contribution in [-0.4, -0.2) is 35.6 Å². The van der Waals surface area contributed by atoms with Crippen molar-refractivity contribution in [1.82, 2.24) is 4.90 Å². The number of Topliss-reactive ketones (excluding diaryl/α,β-unsaturated/α-hetero) is 1. The maximum absolute atomic E-state index is 12.5. The van der Waals surface area contributed by atoms with Crippen LogP contribution in [0.15, 0.2) is 48.5 Å². The third kappa shape index (κ3) is 6.76. The molecule has 1 aliphatic heterocycles. The number of anilines is 1. The van der Waals surface area contributed by atoms with E-state index in [1.807, 2.05) is 48.5 Å². The summed E-state index contributed by atoms with van der Waals surface area (Å²) in [7, 11) is 0. The first-order valence-electron chi connectivity index (χ1n) is 11.5. The summed E-state index contributed by atoms with van der Waals surface area (Å²) in [5, 5.41) is 2.96. The summed E-state index contributed by atoms with van der Waals surface area (Å²) >= 11 is 0. The van der Waals surface area contributed by atoms with E-state index < -0.39 is 0 Å². The minimum Gasteiger partial charge on any atom is -0.369 e. The fourth-order valence-electron chi connectivity index (χ4n) is 4.18. The molecule has 1 heterocycles. The highest BCUT2D eigenvalue weighted by Gasteiger charge is 2.24. The second-order valence-electron chi connectivity index (χ2n) is 8.55. The van der Waals surface area contributed by atoms with Crippen LogP contribution in [0.3, 0.4) is 0 Å². The number of ketones is 1. The largest absolute Gasteiger partial charge is 0.369 e. The summed E-state index contributed by atoms with van der Waals surface area (Å²) in [6, 6.07) is 15.3. The number of piperidine rings is 1. The molecule has 0 bridgehead atoms. The summed E-state index contributed by atoms with van der Waals surface area (Å²) in [4.78, 5) is 38.8. The van der Waals surface area contributed by atoms with Crippen LogP contribution < -0.4 is 11.1 Å². The number of primary amides is 1. The van der Waals surface area contributed by atoms with Gasteiger partial charge in [0.05, 0.1) is 5.92 Å². The highest BCUT2D eigenvalue weighted by Crippen LogP contribution is 2.22. The van der Waals surface area contributed by atoms with Gasteiger partial charge in [-0.25, -0.2) is 0 Å². The number of nitrogens with zero attached hydrogens (tertiary/aromatic N) is 1. The van der Waals surface area contributed by atoms with Gasteiger partial charge in [0, 0.05) is 37.2 Å². The molecule has 6 nitrogen and oxygen atoms in total. The van der Waals surface area contributed by atoms with E-state index in [-0.39, 0.29) is 36.4 Å². The summed E-state index contributed by atoms with van der Waals surface area (Å²) in [6.07, 6.45) is 4.14. The van der Waals surface area contributed by atoms with Crippen LogP contribution in [0.2, 0.25) is 0 Å². The molecule has 1 fully saturated rings. The van der Waals surface area contributed by atoms with E-state index in [1.54, 1.807) is 0 Å². The topological polar surface area (TPSA) is 92.5 Å². The van der Waals surface area contributed by atoms with Crippen molar-refractivity contribution in [1.29, 1.82) is 0 Å². The third-order valence-electron chi connectivity index (χ3n) is 5.99. The number of hydrogen-bond donors (Lipinski definition) is 2. The zero-order valence-corrected chi connectivity index (χ0v) is 18.8. The normalized spacial score (nSPS) is 16.5. The first-order valence-corrected chi connectivity index (χ1v) is 11.5. The molecule has 1 saturated heterocycles. The van der Waals surface area contributed by atoms with Crippen LogP contribution in [0.4, 0.5) is 5.69 Å². The van der Waals surface area contributed by atoms with E-state index in [0.29, 0.717) is 18.7 Å². The van der Waals surface area contributed by atoms with Crippen LogP contribution in [0.25, 0.3) is 0 Å². The molecule has 3 rings (SSSR count). The lowest BCUT2D eigenvalue weighted by molar-refractivity contribution is -0.123. The molecule has 6 heteroatoms. The number of carbonyl (C=O) groups is 3. The smallest absolute Gasteiger partial charge is 0.224 e. The molecular formula is C26H33N3O3. The highest BCUT2D eigenvalue weighted by molar-refractivity contribution is 6.00. The van der Waals surface area contributed by atoms with Gasteiger partial charge in [-0.15, -0.1) is 0 Å². The van der Waals surface area contributed by atoms with E-state index in [4.69, 9.17) is 5.73 Å². The zero-order valence-electron chi connectivity index (χ0n) is 18.8. The van der Waals surface area contributed by atoms with Crippen LogP contribution in [0.1, 0.15) is 60.5 Å². The molecule has 0 radical (unpaired) electrons. The Bertz CT molecular complexity index is 940. The zero-order chi connectivity index (χ0) is 22.9. The maximum Gasteiger partial charge on any atom is 0.224 e. The van der Waals surface area contributed by atoms with Crippen LogP contribution in [0, 0.1) is 5.92 Å². The van der Waals surface area contributed by atoms with Gasteiger partial charge in [0.2, 0.25) is 11.8 Å². The number of benzene rings is 2. The molecule has 1 aliphatic rings. The molecule has 170 valence electrons. The molecule has 2 amide bonds. The number of carbonyl (C=O) groups excluding carboxylic acids is 3. The van der Waals surface area contributed by atoms with Crippen molar-refractivity contribution in [2.24, 2.45) is 11.7 Å². The molecule has 2 aromatic carbocycles. The summed E-state index contributed by atoms with van der Waals surface area (Å²) in [5.41, 5.74) is 9.09. The highest BCUT2D eigenvalue weighted by atomic mass is 16.2. The number of likely N-dealkylation sites (tertiary alicyclic amines) is 1. The van der Waals surface area contributed by atoms with Crippen molar-refractivity contribution in [2.45, 2.75) is 52.0 Å². The quantitative estimate of drug-likeness (QED) is 0.553. The minimum absolute atomic E-state index is 0.0257. The fourth-order valence-corrected chi connectivity index (χ4v) is 4.18. The Morgan fingerprint density at radius 3 is 2.53 bits per heavy atom. The second kappa shape index (κ2) is 11.6. The summed E-state index contributed by atoms with van der Waals surface area (Å²) in [6.45, 7) is 4.31. The SMILES string of the molecule is CCCc1ccc(C(=O)CCC(=O)Nc2ccccc2CN2CCCC(C(N)=O)C2)cc1. The molecule has 1 unspecified atom stereocenters. The third-order valence-corrected chi connectivity index (χ3v) is 5.99. The number of nitrogens with one attached hydrogen (secondary N) is 1.